The zero-order valence-electron chi connectivity index (χ0n) is 28.3. The van der Waals surface area contributed by atoms with Crippen LogP contribution in [0.2, 0.25) is 0 Å². The molecule has 0 aromatic heterocycles. The summed E-state index contributed by atoms with van der Waals surface area (Å²) in [7, 11) is 0. The molecule has 3 saturated carbocycles. The molecule has 0 heterocycles. The standard InChI is InChI=1S/C36H44F4N4O4S/c1-23(33(2,3)4)42-31(45)22-47-20-24-15-34(16-24)17-25(18-34)21-48-29-10-8-28(9-11-29)44(49-40)35(12-5-13-35)32(46)43-27-7-6-26(19-41)30(14-27)36(37,38)39/h6-11,14,23-25H,5,12-13,15-18,20-22H2,1-4H3,(H,42,45)(H,43,46). The zero-order valence-corrected chi connectivity index (χ0v) is 29.1. The second kappa shape index (κ2) is 14.4. The summed E-state index contributed by atoms with van der Waals surface area (Å²) in [6.07, 6.45) is 0.872. The average Bonchev–Trinajstić information content (AvgIpc) is 2.97. The predicted molar refractivity (Wildman–Crippen MR) is 180 cm³/mol. The van der Waals surface area contributed by atoms with Gasteiger partial charge in [0, 0.05) is 11.7 Å². The summed E-state index contributed by atoms with van der Waals surface area (Å²) >= 11 is -0.107. The molecule has 3 aliphatic carbocycles. The summed E-state index contributed by atoms with van der Waals surface area (Å²) in [6, 6.07) is 11.3. The highest BCUT2D eigenvalue weighted by atomic mass is 32.2. The molecule has 5 rings (SSSR count). The van der Waals surface area contributed by atoms with Crippen LogP contribution in [0.5, 0.6) is 5.75 Å². The molecule has 1 spiro atoms. The van der Waals surface area contributed by atoms with Crippen LogP contribution >= 0.6 is 12.3 Å². The van der Waals surface area contributed by atoms with Crippen molar-refractivity contribution in [2.24, 2.45) is 22.7 Å². The third-order valence-electron chi connectivity index (χ3n) is 10.5. The van der Waals surface area contributed by atoms with Gasteiger partial charge < -0.3 is 20.1 Å². The number of carbonyl (C=O) groups excluding carboxylic acids is 2. The van der Waals surface area contributed by atoms with Crippen LogP contribution in [0.25, 0.3) is 0 Å². The summed E-state index contributed by atoms with van der Waals surface area (Å²) in [5.74, 6) is 0.825. The molecule has 2 amide bonds. The molecule has 49 heavy (non-hydrogen) atoms. The lowest BCUT2D eigenvalue weighted by molar-refractivity contribution is -0.137. The van der Waals surface area contributed by atoms with Gasteiger partial charge in [-0.25, -0.2) is 0 Å². The first-order valence-corrected chi connectivity index (χ1v) is 17.4. The average molecular weight is 705 g/mol. The fraction of sp³-hybridized carbons (Fsp3) is 0.583. The second-order valence-corrected chi connectivity index (χ2v) is 15.6. The lowest BCUT2D eigenvalue weighted by Crippen LogP contribution is -2.59. The van der Waals surface area contributed by atoms with Gasteiger partial charge in [-0.1, -0.05) is 20.8 Å². The van der Waals surface area contributed by atoms with Gasteiger partial charge >= 0.3 is 6.18 Å². The topological polar surface area (TPSA) is 104 Å². The summed E-state index contributed by atoms with van der Waals surface area (Å²) in [6.45, 7) is 9.50. The molecule has 0 bridgehead atoms. The number of alkyl halides is 3. The molecule has 0 aliphatic heterocycles. The van der Waals surface area contributed by atoms with Crippen LogP contribution < -0.4 is 19.7 Å². The number of benzene rings is 2. The molecule has 3 aliphatic rings. The number of hydrogen-bond acceptors (Lipinski definition) is 7. The van der Waals surface area contributed by atoms with E-state index in [-0.39, 0.29) is 42.0 Å². The van der Waals surface area contributed by atoms with Crippen molar-refractivity contribution < 1.29 is 36.1 Å². The first-order chi connectivity index (χ1) is 23.1. The number of nitriles is 1. The van der Waals surface area contributed by atoms with Crippen molar-refractivity contribution in [2.45, 2.75) is 90.4 Å². The van der Waals surface area contributed by atoms with Crippen molar-refractivity contribution in [3.05, 3.63) is 53.6 Å². The molecular weight excluding hydrogens is 660 g/mol. The van der Waals surface area contributed by atoms with E-state index in [4.69, 9.17) is 14.7 Å². The minimum absolute atomic E-state index is 0.00586. The van der Waals surface area contributed by atoms with E-state index in [1.165, 1.54) is 16.4 Å². The molecule has 1 unspecified atom stereocenters. The van der Waals surface area contributed by atoms with E-state index in [1.807, 2.05) is 6.92 Å². The largest absolute Gasteiger partial charge is 0.493 e. The van der Waals surface area contributed by atoms with Crippen LogP contribution in [0.3, 0.4) is 0 Å². The van der Waals surface area contributed by atoms with Gasteiger partial charge in [-0.15, -0.1) is 3.89 Å². The van der Waals surface area contributed by atoms with Crippen molar-refractivity contribution >= 4 is 35.5 Å². The first kappa shape index (κ1) is 36.8. The van der Waals surface area contributed by atoms with Crippen molar-refractivity contribution in [1.82, 2.24) is 5.32 Å². The number of amides is 2. The SMILES string of the molecule is CC(NC(=O)COCC1CC2(C1)CC(COc1ccc(N(SF)C3(C(=O)Nc4ccc(C#N)c(C(F)(F)F)c4)CCC3)cc1)C2)C(C)(C)C. The van der Waals surface area contributed by atoms with E-state index in [0.29, 0.717) is 61.2 Å². The highest BCUT2D eigenvalue weighted by molar-refractivity contribution is 7.95. The van der Waals surface area contributed by atoms with Gasteiger partial charge in [-0.2, -0.15) is 18.4 Å². The van der Waals surface area contributed by atoms with Crippen molar-refractivity contribution in [1.29, 1.82) is 5.26 Å². The Morgan fingerprint density at radius 1 is 1.04 bits per heavy atom. The molecular formula is C36H44F4N4O4S. The molecule has 2 aromatic rings. The normalized spacial score (nSPS) is 23.2. The maximum atomic E-state index is 14.4. The number of nitrogens with zero attached hydrogens (tertiary/aromatic N) is 2. The number of rotatable bonds is 13. The van der Waals surface area contributed by atoms with Crippen molar-refractivity contribution in [3.63, 3.8) is 0 Å². The molecule has 0 radical (unpaired) electrons. The van der Waals surface area contributed by atoms with Gasteiger partial charge in [0.15, 0.2) is 12.3 Å². The Morgan fingerprint density at radius 3 is 2.20 bits per heavy atom. The highest BCUT2D eigenvalue weighted by Crippen LogP contribution is 2.61. The number of ether oxygens (including phenoxy) is 2. The molecule has 8 nitrogen and oxygen atoms in total. The number of hydrogen-bond donors (Lipinski definition) is 2. The van der Waals surface area contributed by atoms with E-state index in [1.54, 1.807) is 24.3 Å². The number of nitrogens with one attached hydrogen (secondary N) is 2. The predicted octanol–water partition coefficient (Wildman–Crippen LogP) is 8.23. The Hall–Kier alpha value is -3.50. The fourth-order valence-corrected chi connectivity index (χ4v) is 7.80. The van der Waals surface area contributed by atoms with Crippen LogP contribution in [0.4, 0.5) is 28.4 Å². The van der Waals surface area contributed by atoms with E-state index in [2.05, 4.69) is 31.4 Å². The van der Waals surface area contributed by atoms with E-state index in [0.717, 1.165) is 37.8 Å². The summed E-state index contributed by atoms with van der Waals surface area (Å²) in [5, 5.41) is 14.6. The molecule has 13 heteroatoms. The minimum Gasteiger partial charge on any atom is -0.493 e. The Balaban J connectivity index is 1.07. The molecule has 0 saturated heterocycles. The fourth-order valence-electron chi connectivity index (χ4n) is 7.20. The summed E-state index contributed by atoms with van der Waals surface area (Å²) in [5.41, 5.74) is -2.35. The van der Waals surface area contributed by atoms with Gasteiger partial charge in [-0.05, 0) is 117 Å². The van der Waals surface area contributed by atoms with Crippen LogP contribution in [0.15, 0.2) is 42.5 Å². The van der Waals surface area contributed by atoms with E-state index in [9.17, 15) is 26.6 Å². The van der Waals surface area contributed by atoms with Crippen LogP contribution in [0, 0.1) is 34.0 Å². The maximum absolute atomic E-state index is 14.4. The smallest absolute Gasteiger partial charge is 0.417 e. The molecule has 1 atom stereocenters. The summed E-state index contributed by atoms with van der Waals surface area (Å²) < 4.78 is 67.8. The van der Waals surface area contributed by atoms with E-state index >= 15 is 0 Å². The van der Waals surface area contributed by atoms with Gasteiger partial charge in [0.2, 0.25) is 5.91 Å². The van der Waals surface area contributed by atoms with Crippen LogP contribution in [-0.2, 0) is 20.5 Å². The Labute approximate surface area is 289 Å². The second-order valence-electron chi connectivity index (χ2n) is 15.1. The van der Waals surface area contributed by atoms with E-state index < -0.39 is 28.7 Å². The lowest BCUT2D eigenvalue weighted by atomic mass is 9.48. The molecule has 2 aromatic carbocycles. The number of halogens is 4. The quantitative estimate of drug-likeness (QED) is 0.160. The number of anilines is 2. The Morgan fingerprint density at radius 2 is 1.67 bits per heavy atom. The van der Waals surface area contributed by atoms with Gasteiger partial charge in [-0.3, -0.25) is 13.9 Å². The Kier molecular flexibility index (Phi) is 10.8. The first-order valence-electron chi connectivity index (χ1n) is 16.7. The van der Waals surface area contributed by atoms with Gasteiger partial charge in [0.1, 0.15) is 17.9 Å². The van der Waals surface area contributed by atoms with Gasteiger partial charge in [0.05, 0.1) is 36.1 Å². The van der Waals surface area contributed by atoms with Gasteiger partial charge in [0.25, 0.3) is 5.91 Å². The molecule has 266 valence electrons. The third kappa shape index (κ3) is 8.28. The monoisotopic (exact) mass is 704 g/mol. The van der Waals surface area contributed by atoms with Crippen LogP contribution in [0.1, 0.15) is 83.8 Å². The van der Waals surface area contributed by atoms with Crippen LogP contribution in [-0.4, -0.2) is 43.2 Å². The number of carbonyl (C=O) groups is 2. The Bertz CT molecular complexity index is 1540. The molecule has 2 N–H and O–H groups in total. The maximum Gasteiger partial charge on any atom is 0.417 e. The third-order valence-corrected chi connectivity index (χ3v) is 11.2. The van der Waals surface area contributed by atoms with Crippen molar-refractivity contribution in [3.8, 4) is 11.8 Å². The highest BCUT2D eigenvalue weighted by Gasteiger charge is 2.53. The zero-order chi connectivity index (χ0) is 35.6. The minimum atomic E-state index is -4.77. The summed E-state index contributed by atoms with van der Waals surface area (Å²) in [4.78, 5) is 25.6. The lowest BCUT2D eigenvalue weighted by Gasteiger charge is -2.57. The van der Waals surface area contributed by atoms with Crippen molar-refractivity contribution in [2.75, 3.05) is 29.4 Å². The molecule has 3 fully saturated rings.